The molecule has 0 aliphatic heterocycles. The molecule has 5 nitrogen and oxygen atoms in total. The van der Waals surface area contributed by atoms with Crippen molar-refractivity contribution in [3.63, 3.8) is 0 Å². The van der Waals surface area contributed by atoms with Crippen LogP contribution < -0.4 is 5.32 Å². The third-order valence-corrected chi connectivity index (χ3v) is 3.47. The predicted molar refractivity (Wildman–Crippen MR) is 63.7 cm³/mol. The smallest absolute Gasteiger partial charge is 0.306 e. The van der Waals surface area contributed by atoms with Crippen molar-refractivity contribution < 1.29 is 14.3 Å². The Morgan fingerprint density at radius 3 is 3.06 bits per heavy atom. The number of nitrogens with zero attached hydrogens (tertiary/aromatic N) is 2. The number of carboxylic acids is 1. The van der Waals surface area contributed by atoms with Crippen molar-refractivity contribution >= 4 is 11.8 Å². The van der Waals surface area contributed by atoms with Gasteiger partial charge in [0.1, 0.15) is 6.33 Å². The SMILES string of the molecule is Cc1ncnc(NCC2CCCC2C(=O)O)c1F. The molecule has 0 amide bonds. The standard InChI is InChI=1S/C12H16FN3O2/c1-7-10(13)11(16-6-15-7)14-5-8-3-2-4-9(8)12(17)18/h6,8-9H,2-5H2,1H3,(H,17,18)(H,14,15,16). The summed E-state index contributed by atoms with van der Waals surface area (Å²) in [5, 5.41) is 11.9. The molecule has 2 unspecified atom stereocenters. The highest BCUT2D eigenvalue weighted by Gasteiger charge is 2.32. The molecule has 6 heteroatoms. The Hall–Kier alpha value is -1.72. The van der Waals surface area contributed by atoms with Crippen molar-refractivity contribution in [3.05, 3.63) is 17.8 Å². The number of hydrogen-bond acceptors (Lipinski definition) is 4. The van der Waals surface area contributed by atoms with E-state index >= 15 is 0 Å². The van der Waals surface area contributed by atoms with Crippen molar-refractivity contribution in [3.8, 4) is 0 Å². The summed E-state index contributed by atoms with van der Waals surface area (Å²) in [6.07, 6.45) is 3.77. The van der Waals surface area contributed by atoms with E-state index in [1.807, 2.05) is 0 Å². The van der Waals surface area contributed by atoms with Crippen molar-refractivity contribution in [2.75, 3.05) is 11.9 Å². The second kappa shape index (κ2) is 5.29. The van der Waals surface area contributed by atoms with E-state index in [0.29, 0.717) is 13.0 Å². The summed E-state index contributed by atoms with van der Waals surface area (Å²) in [5.41, 5.74) is 0.286. The van der Waals surface area contributed by atoms with Gasteiger partial charge in [0, 0.05) is 6.54 Å². The summed E-state index contributed by atoms with van der Waals surface area (Å²) in [6.45, 7) is 2.00. The summed E-state index contributed by atoms with van der Waals surface area (Å²) in [6, 6.07) is 0. The van der Waals surface area contributed by atoms with E-state index in [0.717, 1.165) is 12.8 Å². The molecule has 2 N–H and O–H groups in total. The van der Waals surface area contributed by atoms with Gasteiger partial charge in [-0.1, -0.05) is 6.42 Å². The zero-order valence-electron chi connectivity index (χ0n) is 10.2. The van der Waals surface area contributed by atoms with Gasteiger partial charge in [-0.3, -0.25) is 4.79 Å². The van der Waals surface area contributed by atoms with Crippen LogP contribution >= 0.6 is 0 Å². The second-order valence-electron chi connectivity index (χ2n) is 4.64. The number of anilines is 1. The fraction of sp³-hybridized carbons (Fsp3) is 0.583. The van der Waals surface area contributed by atoms with Gasteiger partial charge in [-0.15, -0.1) is 0 Å². The minimum Gasteiger partial charge on any atom is -0.481 e. The first-order valence-corrected chi connectivity index (χ1v) is 6.03. The molecular weight excluding hydrogens is 237 g/mol. The Bertz CT molecular complexity index is 453. The molecule has 1 saturated carbocycles. The van der Waals surface area contributed by atoms with Gasteiger partial charge in [-0.25, -0.2) is 14.4 Å². The van der Waals surface area contributed by atoms with Crippen LogP contribution in [0.2, 0.25) is 0 Å². The van der Waals surface area contributed by atoms with Crippen LogP contribution in [-0.2, 0) is 4.79 Å². The molecule has 1 aliphatic rings. The topological polar surface area (TPSA) is 75.1 Å². The summed E-state index contributed by atoms with van der Waals surface area (Å²) in [5.74, 6) is -1.37. The number of nitrogens with one attached hydrogen (secondary N) is 1. The molecule has 0 bridgehead atoms. The molecule has 0 saturated heterocycles. The van der Waals surface area contributed by atoms with Crippen molar-refractivity contribution in [2.45, 2.75) is 26.2 Å². The first-order chi connectivity index (χ1) is 8.59. The van der Waals surface area contributed by atoms with Crippen LogP contribution in [0, 0.1) is 24.6 Å². The number of carbonyl (C=O) groups is 1. The summed E-state index contributed by atoms with van der Waals surface area (Å²) in [4.78, 5) is 18.6. The third-order valence-electron chi connectivity index (χ3n) is 3.47. The number of aliphatic carboxylic acids is 1. The van der Waals surface area contributed by atoms with Crippen LogP contribution in [0.5, 0.6) is 0 Å². The molecule has 98 valence electrons. The monoisotopic (exact) mass is 253 g/mol. The number of hydrogen-bond donors (Lipinski definition) is 2. The third kappa shape index (κ3) is 2.57. The molecule has 2 rings (SSSR count). The number of carboxylic acid groups (broad SMARTS) is 1. The van der Waals surface area contributed by atoms with E-state index in [9.17, 15) is 9.18 Å². The molecule has 1 heterocycles. The van der Waals surface area contributed by atoms with Crippen LogP contribution in [0.1, 0.15) is 25.0 Å². The van der Waals surface area contributed by atoms with Crippen LogP contribution in [-0.4, -0.2) is 27.6 Å². The lowest BCUT2D eigenvalue weighted by molar-refractivity contribution is -0.142. The molecule has 0 aromatic carbocycles. The molecule has 1 aliphatic carbocycles. The summed E-state index contributed by atoms with van der Waals surface area (Å²) >= 11 is 0. The molecule has 1 aromatic heterocycles. The molecule has 2 atom stereocenters. The number of rotatable bonds is 4. The van der Waals surface area contributed by atoms with Gasteiger partial charge in [0.25, 0.3) is 0 Å². The molecule has 0 radical (unpaired) electrons. The van der Waals surface area contributed by atoms with Gasteiger partial charge in [-0.2, -0.15) is 0 Å². The highest BCUT2D eigenvalue weighted by atomic mass is 19.1. The molecule has 18 heavy (non-hydrogen) atoms. The van der Waals surface area contributed by atoms with Crippen molar-refractivity contribution in [2.24, 2.45) is 11.8 Å². The first-order valence-electron chi connectivity index (χ1n) is 6.03. The maximum Gasteiger partial charge on any atom is 0.306 e. The van der Waals surface area contributed by atoms with Gasteiger partial charge in [-0.05, 0) is 25.7 Å². The average Bonchev–Trinajstić information content (AvgIpc) is 2.79. The zero-order chi connectivity index (χ0) is 13.1. The van der Waals surface area contributed by atoms with E-state index in [1.165, 1.54) is 6.33 Å². The molecule has 1 fully saturated rings. The van der Waals surface area contributed by atoms with Crippen LogP contribution in [0.25, 0.3) is 0 Å². The Balaban J connectivity index is 1.99. The van der Waals surface area contributed by atoms with Crippen molar-refractivity contribution in [1.82, 2.24) is 9.97 Å². The Morgan fingerprint density at radius 1 is 1.56 bits per heavy atom. The largest absolute Gasteiger partial charge is 0.481 e. The highest BCUT2D eigenvalue weighted by Crippen LogP contribution is 2.32. The van der Waals surface area contributed by atoms with Gasteiger partial charge in [0.2, 0.25) is 0 Å². The fourth-order valence-corrected chi connectivity index (χ4v) is 2.42. The molecular formula is C12H16FN3O2. The maximum absolute atomic E-state index is 13.6. The predicted octanol–water partition coefficient (Wildman–Crippen LogP) is 1.84. The highest BCUT2D eigenvalue weighted by molar-refractivity contribution is 5.70. The second-order valence-corrected chi connectivity index (χ2v) is 4.64. The minimum absolute atomic E-state index is 0.0390. The summed E-state index contributed by atoms with van der Waals surface area (Å²) < 4.78 is 13.6. The quantitative estimate of drug-likeness (QED) is 0.856. The van der Waals surface area contributed by atoms with E-state index in [4.69, 9.17) is 5.11 Å². The lowest BCUT2D eigenvalue weighted by Gasteiger charge is -2.16. The lowest BCUT2D eigenvalue weighted by atomic mass is 9.96. The average molecular weight is 253 g/mol. The van der Waals surface area contributed by atoms with Gasteiger partial charge in [0.05, 0.1) is 11.6 Å². The van der Waals surface area contributed by atoms with E-state index in [1.54, 1.807) is 6.92 Å². The first kappa shape index (κ1) is 12.7. The molecule has 1 aromatic rings. The number of halogens is 1. The Labute approximate surface area is 104 Å². The fourth-order valence-electron chi connectivity index (χ4n) is 2.42. The van der Waals surface area contributed by atoms with Crippen LogP contribution in [0.15, 0.2) is 6.33 Å². The summed E-state index contributed by atoms with van der Waals surface area (Å²) in [7, 11) is 0. The van der Waals surface area contributed by atoms with Crippen LogP contribution in [0.3, 0.4) is 0 Å². The Kier molecular flexibility index (Phi) is 3.74. The zero-order valence-corrected chi connectivity index (χ0v) is 10.2. The van der Waals surface area contributed by atoms with Gasteiger partial charge < -0.3 is 10.4 Å². The van der Waals surface area contributed by atoms with E-state index < -0.39 is 11.8 Å². The van der Waals surface area contributed by atoms with Gasteiger partial charge in [0.15, 0.2) is 11.6 Å². The molecule has 0 spiro atoms. The number of aryl methyl sites for hydroxylation is 1. The minimum atomic E-state index is -0.765. The normalized spacial score (nSPS) is 23.0. The van der Waals surface area contributed by atoms with E-state index in [2.05, 4.69) is 15.3 Å². The lowest BCUT2D eigenvalue weighted by Crippen LogP contribution is -2.25. The van der Waals surface area contributed by atoms with Crippen molar-refractivity contribution in [1.29, 1.82) is 0 Å². The van der Waals surface area contributed by atoms with Gasteiger partial charge >= 0.3 is 5.97 Å². The maximum atomic E-state index is 13.6. The van der Waals surface area contributed by atoms with E-state index in [-0.39, 0.29) is 23.3 Å². The number of aromatic nitrogens is 2. The van der Waals surface area contributed by atoms with Crippen LogP contribution in [0.4, 0.5) is 10.2 Å². The Morgan fingerprint density at radius 2 is 2.33 bits per heavy atom.